The molecule has 0 atom stereocenters. The van der Waals surface area contributed by atoms with E-state index in [4.69, 9.17) is 0 Å². The van der Waals surface area contributed by atoms with E-state index in [1.165, 1.54) is 11.1 Å². The number of hydrogen-bond donors (Lipinski definition) is 1. The standard InChI is InChI=1S/C17H19N5O/c1-12-6-4-5-7-14(12)9-22-10-15(8-18-22)19-17(23)16-11-21(3)20-13(16)2/h4-8,10-11H,9H2,1-3H3,(H,19,23). The van der Waals surface area contributed by atoms with Crippen molar-refractivity contribution < 1.29 is 4.79 Å². The molecule has 0 aliphatic heterocycles. The fourth-order valence-electron chi connectivity index (χ4n) is 2.50. The molecule has 6 heteroatoms. The van der Waals surface area contributed by atoms with Crippen LogP contribution in [0, 0.1) is 13.8 Å². The maximum absolute atomic E-state index is 12.3. The Morgan fingerprint density at radius 1 is 1.22 bits per heavy atom. The summed E-state index contributed by atoms with van der Waals surface area (Å²) in [6.45, 7) is 4.57. The number of aryl methyl sites for hydroxylation is 3. The highest BCUT2D eigenvalue weighted by Gasteiger charge is 2.13. The van der Waals surface area contributed by atoms with Crippen molar-refractivity contribution in [3.05, 3.63) is 65.2 Å². The Bertz CT molecular complexity index is 846. The second kappa shape index (κ2) is 6.08. The van der Waals surface area contributed by atoms with E-state index < -0.39 is 0 Å². The number of aromatic nitrogens is 4. The van der Waals surface area contributed by atoms with Gasteiger partial charge in [0, 0.05) is 19.4 Å². The molecule has 0 bridgehead atoms. The summed E-state index contributed by atoms with van der Waals surface area (Å²) in [6.07, 6.45) is 5.19. The van der Waals surface area contributed by atoms with Gasteiger partial charge >= 0.3 is 0 Å². The predicted molar refractivity (Wildman–Crippen MR) is 88.4 cm³/mol. The van der Waals surface area contributed by atoms with Gasteiger partial charge in [0.05, 0.1) is 29.7 Å². The number of anilines is 1. The van der Waals surface area contributed by atoms with Gasteiger partial charge in [-0.15, -0.1) is 0 Å². The van der Waals surface area contributed by atoms with E-state index in [2.05, 4.69) is 34.6 Å². The number of carbonyl (C=O) groups is 1. The molecule has 2 aromatic heterocycles. The Morgan fingerprint density at radius 2 is 2.00 bits per heavy atom. The summed E-state index contributed by atoms with van der Waals surface area (Å²) >= 11 is 0. The van der Waals surface area contributed by atoms with Crippen LogP contribution in [0.15, 0.2) is 42.9 Å². The number of hydrogen-bond acceptors (Lipinski definition) is 3. The molecular formula is C17H19N5O. The SMILES string of the molecule is Cc1ccccc1Cn1cc(NC(=O)c2cn(C)nc2C)cn1. The average Bonchev–Trinajstić information content (AvgIpc) is 3.07. The first kappa shape index (κ1) is 15.0. The molecule has 118 valence electrons. The third kappa shape index (κ3) is 3.31. The van der Waals surface area contributed by atoms with Crippen LogP contribution in [0.2, 0.25) is 0 Å². The molecule has 6 nitrogen and oxygen atoms in total. The molecule has 0 aliphatic rings. The molecule has 0 aliphatic carbocycles. The van der Waals surface area contributed by atoms with Gasteiger partial charge < -0.3 is 5.32 Å². The summed E-state index contributed by atoms with van der Waals surface area (Å²) in [6, 6.07) is 8.18. The highest BCUT2D eigenvalue weighted by Crippen LogP contribution is 2.13. The van der Waals surface area contributed by atoms with Crippen molar-refractivity contribution >= 4 is 11.6 Å². The van der Waals surface area contributed by atoms with E-state index in [1.54, 1.807) is 24.1 Å². The molecule has 3 aromatic rings. The first-order valence-corrected chi connectivity index (χ1v) is 7.41. The van der Waals surface area contributed by atoms with E-state index in [1.807, 2.05) is 29.9 Å². The summed E-state index contributed by atoms with van der Waals surface area (Å²) in [5, 5.41) is 11.3. The van der Waals surface area contributed by atoms with Crippen molar-refractivity contribution in [2.45, 2.75) is 20.4 Å². The molecule has 0 fully saturated rings. The molecule has 0 saturated carbocycles. The van der Waals surface area contributed by atoms with Crippen molar-refractivity contribution in [1.82, 2.24) is 19.6 Å². The Kier molecular flexibility index (Phi) is 3.97. The predicted octanol–water partition coefficient (Wildman–Crippen LogP) is 2.53. The van der Waals surface area contributed by atoms with Crippen LogP contribution >= 0.6 is 0 Å². The molecular weight excluding hydrogens is 290 g/mol. The zero-order valence-corrected chi connectivity index (χ0v) is 13.4. The van der Waals surface area contributed by atoms with E-state index >= 15 is 0 Å². The van der Waals surface area contributed by atoms with Crippen LogP contribution in [0.1, 0.15) is 27.2 Å². The maximum atomic E-state index is 12.3. The van der Waals surface area contributed by atoms with Gasteiger partial charge in [0.15, 0.2) is 0 Å². The van der Waals surface area contributed by atoms with E-state index in [0.29, 0.717) is 23.5 Å². The quantitative estimate of drug-likeness (QED) is 0.805. The number of rotatable bonds is 4. The first-order chi connectivity index (χ1) is 11.0. The first-order valence-electron chi connectivity index (χ1n) is 7.41. The van der Waals surface area contributed by atoms with Gasteiger partial charge in [0.1, 0.15) is 0 Å². The number of amides is 1. The van der Waals surface area contributed by atoms with Crippen molar-refractivity contribution in [3.8, 4) is 0 Å². The average molecular weight is 309 g/mol. The van der Waals surface area contributed by atoms with Crippen LogP contribution < -0.4 is 5.32 Å². The molecule has 1 aromatic carbocycles. The van der Waals surface area contributed by atoms with Gasteiger partial charge in [-0.1, -0.05) is 24.3 Å². The van der Waals surface area contributed by atoms with Crippen LogP contribution in [-0.2, 0) is 13.6 Å². The van der Waals surface area contributed by atoms with Gasteiger partial charge in [0.2, 0.25) is 0 Å². The normalized spacial score (nSPS) is 10.7. The lowest BCUT2D eigenvalue weighted by molar-refractivity contribution is 0.102. The van der Waals surface area contributed by atoms with Crippen LogP contribution in [0.3, 0.4) is 0 Å². The third-order valence-corrected chi connectivity index (χ3v) is 3.74. The highest BCUT2D eigenvalue weighted by atomic mass is 16.1. The fraction of sp³-hybridized carbons (Fsp3) is 0.235. The van der Waals surface area contributed by atoms with E-state index in [0.717, 1.165) is 0 Å². The molecule has 0 saturated heterocycles. The van der Waals surface area contributed by atoms with Gasteiger partial charge in [0.25, 0.3) is 5.91 Å². The Hall–Kier alpha value is -2.89. The molecule has 0 spiro atoms. The van der Waals surface area contributed by atoms with E-state index in [9.17, 15) is 4.79 Å². The monoisotopic (exact) mass is 309 g/mol. The molecule has 0 radical (unpaired) electrons. The van der Waals surface area contributed by atoms with Crippen LogP contribution in [0.5, 0.6) is 0 Å². The molecule has 2 heterocycles. The Balaban J connectivity index is 1.71. The number of nitrogens with one attached hydrogen (secondary N) is 1. The summed E-state index contributed by atoms with van der Waals surface area (Å²) in [5.41, 5.74) is 4.37. The van der Waals surface area contributed by atoms with Gasteiger partial charge in [-0.3, -0.25) is 14.2 Å². The highest BCUT2D eigenvalue weighted by molar-refractivity contribution is 6.04. The van der Waals surface area contributed by atoms with Crippen molar-refractivity contribution in [2.75, 3.05) is 5.32 Å². The number of benzene rings is 1. The lowest BCUT2D eigenvalue weighted by atomic mass is 10.1. The molecule has 0 unspecified atom stereocenters. The van der Waals surface area contributed by atoms with Crippen LogP contribution in [0.4, 0.5) is 5.69 Å². The molecule has 1 amide bonds. The topological polar surface area (TPSA) is 64.7 Å². The summed E-state index contributed by atoms with van der Waals surface area (Å²) < 4.78 is 3.44. The van der Waals surface area contributed by atoms with Crippen LogP contribution in [-0.4, -0.2) is 25.5 Å². The lowest BCUT2D eigenvalue weighted by Crippen LogP contribution is -2.12. The minimum absolute atomic E-state index is 0.175. The smallest absolute Gasteiger partial charge is 0.259 e. The van der Waals surface area contributed by atoms with Crippen molar-refractivity contribution in [3.63, 3.8) is 0 Å². The zero-order valence-electron chi connectivity index (χ0n) is 13.4. The van der Waals surface area contributed by atoms with Crippen LogP contribution in [0.25, 0.3) is 0 Å². The van der Waals surface area contributed by atoms with Crippen molar-refractivity contribution in [2.24, 2.45) is 7.05 Å². The number of carbonyl (C=O) groups excluding carboxylic acids is 1. The lowest BCUT2D eigenvalue weighted by Gasteiger charge is -2.05. The largest absolute Gasteiger partial charge is 0.319 e. The fourth-order valence-corrected chi connectivity index (χ4v) is 2.50. The minimum atomic E-state index is -0.175. The summed E-state index contributed by atoms with van der Waals surface area (Å²) in [7, 11) is 1.80. The maximum Gasteiger partial charge on any atom is 0.259 e. The van der Waals surface area contributed by atoms with Gasteiger partial charge in [-0.25, -0.2) is 0 Å². The summed E-state index contributed by atoms with van der Waals surface area (Å²) in [4.78, 5) is 12.3. The second-order valence-electron chi connectivity index (χ2n) is 5.61. The van der Waals surface area contributed by atoms with Gasteiger partial charge in [-0.05, 0) is 25.0 Å². The minimum Gasteiger partial charge on any atom is -0.319 e. The van der Waals surface area contributed by atoms with Gasteiger partial charge in [-0.2, -0.15) is 10.2 Å². The molecule has 3 rings (SSSR count). The summed E-state index contributed by atoms with van der Waals surface area (Å²) in [5.74, 6) is -0.175. The zero-order chi connectivity index (χ0) is 16.4. The third-order valence-electron chi connectivity index (χ3n) is 3.74. The number of nitrogens with zero attached hydrogens (tertiary/aromatic N) is 4. The Morgan fingerprint density at radius 3 is 2.70 bits per heavy atom. The Labute approximate surface area is 134 Å². The molecule has 1 N–H and O–H groups in total. The van der Waals surface area contributed by atoms with Crippen molar-refractivity contribution in [1.29, 1.82) is 0 Å². The second-order valence-corrected chi connectivity index (χ2v) is 5.61. The molecule has 23 heavy (non-hydrogen) atoms. The van der Waals surface area contributed by atoms with E-state index in [-0.39, 0.29) is 5.91 Å².